The average Bonchev–Trinajstić information content (AvgIpc) is 2.97. The highest BCUT2D eigenvalue weighted by molar-refractivity contribution is 5.86. The van der Waals surface area contributed by atoms with E-state index in [1.54, 1.807) is 6.20 Å². The van der Waals surface area contributed by atoms with Crippen LogP contribution in [0, 0.1) is 0 Å². The van der Waals surface area contributed by atoms with E-state index in [2.05, 4.69) is 15.5 Å². The van der Waals surface area contributed by atoms with E-state index in [9.17, 15) is 4.79 Å². The minimum Gasteiger partial charge on any atom is -0.475 e. The van der Waals surface area contributed by atoms with Gasteiger partial charge in [0.25, 0.3) is 0 Å². The van der Waals surface area contributed by atoms with Crippen molar-refractivity contribution in [2.45, 2.75) is 32.9 Å². The summed E-state index contributed by atoms with van der Waals surface area (Å²) >= 11 is 0. The summed E-state index contributed by atoms with van der Waals surface area (Å²) in [7, 11) is 0. The highest BCUT2D eigenvalue weighted by atomic mass is 16.5. The summed E-state index contributed by atoms with van der Waals surface area (Å²) in [5.74, 6) is 0.410. The quantitative estimate of drug-likeness (QED) is 0.754. The minimum atomic E-state index is -0.131. The minimum absolute atomic E-state index is 0.0239. The number of hydrogen-bond acceptors (Lipinski definition) is 5. The number of nitrogens with one attached hydrogen (secondary N) is 1. The van der Waals surface area contributed by atoms with Gasteiger partial charge < -0.3 is 14.6 Å². The molecule has 0 bridgehead atoms. The predicted octanol–water partition coefficient (Wildman–Crippen LogP) is 2.87. The normalized spacial score (nSPS) is 11.0. The third-order valence-corrected chi connectivity index (χ3v) is 3.45. The molecule has 24 heavy (non-hydrogen) atoms. The molecular weight excluding hydrogens is 306 g/mol. The third kappa shape index (κ3) is 3.71. The maximum Gasteiger partial charge on any atom is 0.226 e. The zero-order valence-corrected chi connectivity index (χ0v) is 13.7. The number of amides is 1. The number of ether oxygens (including phenoxy) is 1. The predicted molar refractivity (Wildman–Crippen MR) is 89.6 cm³/mol. The summed E-state index contributed by atoms with van der Waals surface area (Å²) in [5, 5.41) is 7.71. The lowest BCUT2D eigenvalue weighted by atomic mass is 10.1. The molecule has 0 radical (unpaired) electrons. The zero-order valence-electron chi connectivity index (χ0n) is 13.7. The van der Waals surface area contributed by atoms with Crippen LogP contribution in [-0.4, -0.2) is 22.2 Å². The number of pyridine rings is 1. The van der Waals surface area contributed by atoms with Gasteiger partial charge in [-0.25, -0.2) is 4.98 Å². The number of aromatic nitrogens is 2. The van der Waals surface area contributed by atoms with Gasteiger partial charge in [-0.1, -0.05) is 23.4 Å². The lowest BCUT2D eigenvalue weighted by molar-refractivity contribution is -0.120. The van der Waals surface area contributed by atoms with Crippen LogP contribution in [0.3, 0.4) is 0 Å². The van der Waals surface area contributed by atoms with Gasteiger partial charge in [-0.2, -0.15) is 0 Å². The molecule has 0 unspecified atom stereocenters. The van der Waals surface area contributed by atoms with Crippen molar-refractivity contribution in [3.05, 3.63) is 53.9 Å². The van der Waals surface area contributed by atoms with Crippen molar-refractivity contribution in [1.29, 1.82) is 0 Å². The van der Waals surface area contributed by atoms with Gasteiger partial charge >= 0.3 is 0 Å². The van der Waals surface area contributed by atoms with Gasteiger partial charge in [0.1, 0.15) is 5.69 Å². The van der Waals surface area contributed by atoms with Crippen molar-refractivity contribution in [1.82, 2.24) is 15.5 Å². The Morgan fingerprint density at radius 3 is 2.92 bits per heavy atom. The van der Waals surface area contributed by atoms with E-state index in [-0.39, 0.29) is 18.4 Å². The van der Waals surface area contributed by atoms with Gasteiger partial charge in [0, 0.05) is 23.7 Å². The number of carbonyl (C=O) groups is 1. The van der Waals surface area contributed by atoms with E-state index in [0.29, 0.717) is 23.7 Å². The Morgan fingerprint density at radius 1 is 1.25 bits per heavy atom. The monoisotopic (exact) mass is 325 g/mol. The molecule has 0 fully saturated rings. The van der Waals surface area contributed by atoms with Gasteiger partial charge in [0.2, 0.25) is 11.8 Å². The lowest BCUT2D eigenvalue weighted by Gasteiger charge is -2.13. The number of carbonyl (C=O) groups excluding carboxylic acids is 1. The molecule has 0 saturated carbocycles. The highest BCUT2D eigenvalue weighted by Gasteiger charge is 2.13. The molecule has 3 aromatic rings. The summed E-state index contributed by atoms with van der Waals surface area (Å²) in [6, 6.07) is 11.2. The Balaban J connectivity index is 1.64. The van der Waals surface area contributed by atoms with Crippen LogP contribution in [0.2, 0.25) is 0 Å². The highest BCUT2D eigenvalue weighted by Crippen LogP contribution is 2.18. The number of fused-ring (bicyclic) bond motifs is 1. The molecule has 1 aromatic carbocycles. The second-order valence-electron chi connectivity index (χ2n) is 5.71. The molecule has 0 aliphatic rings. The van der Waals surface area contributed by atoms with E-state index in [0.717, 1.165) is 10.9 Å². The Labute approximate surface area is 139 Å². The summed E-state index contributed by atoms with van der Waals surface area (Å²) < 4.78 is 10.9. The van der Waals surface area contributed by atoms with E-state index >= 15 is 0 Å². The average molecular weight is 325 g/mol. The molecule has 3 rings (SSSR count). The molecule has 2 heterocycles. The number of rotatable bonds is 6. The largest absolute Gasteiger partial charge is 0.475 e. The molecule has 0 aliphatic heterocycles. The maximum absolute atomic E-state index is 12.2. The maximum atomic E-state index is 12.2. The van der Waals surface area contributed by atoms with E-state index in [4.69, 9.17) is 9.26 Å². The van der Waals surface area contributed by atoms with Crippen LogP contribution in [0.1, 0.15) is 25.1 Å². The molecule has 0 spiro atoms. The second kappa shape index (κ2) is 7.12. The number of hydrogen-bond donors (Lipinski definition) is 1. The van der Waals surface area contributed by atoms with E-state index in [1.807, 2.05) is 50.2 Å². The van der Waals surface area contributed by atoms with Crippen LogP contribution < -0.4 is 10.1 Å². The molecule has 124 valence electrons. The van der Waals surface area contributed by atoms with Gasteiger partial charge in [-0.15, -0.1) is 0 Å². The Morgan fingerprint density at radius 2 is 2.08 bits per heavy atom. The van der Waals surface area contributed by atoms with Crippen molar-refractivity contribution in [3.8, 4) is 5.88 Å². The zero-order chi connectivity index (χ0) is 16.9. The topological polar surface area (TPSA) is 77.2 Å². The summed E-state index contributed by atoms with van der Waals surface area (Å²) in [6.45, 7) is 4.23. The molecule has 1 N–H and O–H groups in total. The van der Waals surface area contributed by atoms with Crippen molar-refractivity contribution in [2.24, 2.45) is 0 Å². The fourth-order valence-electron chi connectivity index (χ4n) is 2.36. The van der Waals surface area contributed by atoms with Crippen molar-refractivity contribution in [2.75, 3.05) is 0 Å². The summed E-state index contributed by atoms with van der Waals surface area (Å²) in [6.07, 6.45) is 1.86. The van der Waals surface area contributed by atoms with Crippen LogP contribution in [0.5, 0.6) is 5.88 Å². The lowest BCUT2D eigenvalue weighted by Crippen LogP contribution is -2.25. The second-order valence-corrected chi connectivity index (χ2v) is 5.71. The first-order valence-corrected chi connectivity index (χ1v) is 7.84. The number of para-hydroxylation sites is 1. The van der Waals surface area contributed by atoms with E-state index < -0.39 is 0 Å². The fourth-order valence-corrected chi connectivity index (χ4v) is 2.36. The standard InChI is InChI=1S/C18H19N3O3/c1-12(2)23-18-13(6-5-9-19-18)11-20-17(22)10-15-14-7-3-4-8-16(14)24-21-15/h3-9,12H,10-11H2,1-2H3,(H,20,22). The molecule has 6 heteroatoms. The van der Waals surface area contributed by atoms with Crippen LogP contribution in [0.15, 0.2) is 47.1 Å². The molecule has 1 amide bonds. The van der Waals surface area contributed by atoms with Crippen molar-refractivity contribution in [3.63, 3.8) is 0 Å². The number of nitrogens with zero attached hydrogens (tertiary/aromatic N) is 2. The first kappa shape index (κ1) is 16.0. The summed E-state index contributed by atoms with van der Waals surface area (Å²) in [4.78, 5) is 16.4. The molecule has 6 nitrogen and oxygen atoms in total. The molecular formula is C18H19N3O3. The summed E-state index contributed by atoms with van der Waals surface area (Å²) in [5.41, 5.74) is 2.15. The first-order chi connectivity index (χ1) is 11.6. The van der Waals surface area contributed by atoms with Crippen LogP contribution in [0.25, 0.3) is 11.0 Å². The SMILES string of the molecule is CC(C)Oc1ncccc1CNC(=O)Cc1noc2ccccc12. The Bertz CT molecular complexity index is 842. The molecule has 0 atom stereocenters. The Hall–Kier alpha value is -2.89. The molecule has 0 saturated heterocycles. The first-order valence-electron chi connectivity index (χ1n) is 7.84. The van der Waals surface area contributed by atoms with Gasteiger partial charge in [-0.3, -0.25) is 4.79 Å². The van der Waals surface area contributed by atoms with Gasteiger partial charge in [0.15, 0.2) is 5.58 Å². The third-order valence-electron chi connectivity index (χ3n) is 3.45. The van der Waals surface area contributed by atoms with Crippen molar-refractivity contribution < 1.29 is 14.1 Å². The van der Waals surface area contributed by atoms with Crippen LogP contribution in [0.4, 0.5) is 0 Å². The fraction of sp³-hybridized carbons (Fsp3) is 0.278. The van der Waals surface area contributed by atoms with Gasteiger partial charge in [0.05, 0.1) is 12.5 Å². The van der Waals surface area contributed by atoms with Crippen molar-refractivity contribution >= 4 is 16.9 Å². The van der Waals surface area contributed by atoms with Gasteiger partial charge in [-0.05, 0) is 32.0 Å². The Kier molecular flexibility index (Phi) is 4.74. The smallest absolute Gasteiger partial charge is 0.226 e. The number of benzene rings is 1. The van der Waals surface area contributed by atoms with Crippen LogP contribution >= 0.6 is 0 Å². The molecule has 2 aromatic heterocycles. The van der Waals surface area contributed by atoms with Crippen LogP contribution in [-0.2, 0) is 17.8 Å². The van der Waals surface area contributed by atoms with E-state index in [1.165, 1.54) is 0 Å². The molecule has 0 aliphatic carbocycles.